The molecule has 4 heteroatoms. The van der Waals surface area contributed by atoms with Crippen LogP contribution in [-0.4, -0.2) is 18.0 Å². The fraction of sp³-hybridized carbons (Fsp3) is 0.222. The summed E-state index contributed by atoms with van der Waals surface area (Å²) in [4.78, 5) is 24.0. The minimum absolute atomic E-state index is 0.351. The molecule has 0 heterocycles. The fourth-order valence-electron chi connectivity index (χ4n) is 2.04. The second kappa shape index (κ2) is 6.89. The van der Waals surface area contributed by atoms with Gasteiger partial charge < -0.3 is 10.1 Å². The molecule has 0 aliphatic heterocycles. The summed E-state index contributed by atoms with van der Waals surface area (Å²) < 4.78 is 5.18. The molecule has 1 atom stereocenters. The summed E-state index contributed by atoms with van der Waals surface area (Å²) in [5.74, 6) is -0.861. The number of carbonyl (C=O) groups is 2. The molecule has 0 aliphatic rings. The van der Waals surface area contributed by atoms with Crippen LogP contribution >= 0.6 is 0 Å². The van der Waals surface area contributed by atoms with Crippen molar-refractivity contribution in [1.82, 2.24) is 0 Å². The summed E-state index contributed by atoms with van der Waals surface area (Å²) in [7, 11) is 0. The average Bonchev–Trinajstić information content (AvgIpc) is 2.50. The number of hydrogen-bond acceptors (Lipinski definition) is 3. The van der Waals surface area contributed by atoms with Gasteiger partial charge in [0.15, 0.2) is 6.10 Å². The molecule has 0 aliphatic carbocycles. The Hall–Kier alpha value is -2.62. The minimum atomic E-state index is -0.867. The molecule has 0 fully saturated rings. The minimum Gasteiger partial charge on any atom is -0.449 e. The summed E-state index contributed by atoms with van der Waals surface area (Å²) in [5, 5.41) is 2.78. The van der Waals surface area contributed by atoms with Gasteiger partial charge in [0.1, 0.15) is 0 Å². The van der Waals surface area contributed by atoms with E-state index in [4.69, 9.17) is 4.74 Å². The maximum Gasteiger partial charge on any atom is 0.338 e. The number of aryl methyl sites for hydroxylation is 2. The lowest BCUT2D eigenvalue weighted by Gasteiger charge is -2.15. The van der Waals surface area contributed by atoms with Crippen molar-refractivity contribution in [3.63, 3.8) is 0 Å². The van der Waals surface area contributed by atoms with Gasteiger partial charge in [0.05, 0.1) is 5.56 Å². The second-order valence-corrected chi connectivity index (χ2v) is 5.22. The third kappa shape index (κ3) is 3.95. The number of esters is 1. The standard InChI is InChI=1S/C18H19NO3/c1-12-9-10-16(13(2)11-12)19-17(20)14(3)22-18(21)15-7-5-4-6-8-15/h4-11,14H,1-3H3,(H,19,20)/t14-/m0/s1. The molecule has 114 valence electrons. The predicted molar refractivity (Wildman–Crippen MR) is 85.9 cm³/mol. The van der Waals surface area contributed by atoms with Crippen LogP contribution in [0.5, 0.6) is 0 Å². The van der Waals surface area contributed by atoms with E-state index in [1.807, 2.05) is 38.1 Å². The number of carbonyl (C=O) groups excluding carboxylic acids is 2. The van der Waals surface area contributed by atoms with Gasteiger partial charge in [-0.1, -0.05) is 35.9 Å². The smallest absolute Gasteiger partial charge is 0.338 e. The molecule has 2 aromatic rings. The molecule has 0 saturated carbocycles. The number of benzene rings is 2. The third-order valence-electron chi connectivity index (χ3n) is 3.30. The third-order valence-corrected chi connectivity index (χ3v) is 3.30. The maximum atomic E-state index is 12.1. The lowest BCUT2D eigenvalue weighted by atomic mass is 10.1. The van der Waals surface area contributed by atoms with Gasteiger partial charge in [0.25, 0.3) is 5.91 Å². The normalized spacial score (nSPS) is 11.6. The molecule has 0 bridgehead atoms. The van der Waals surface area contributed by atoms with Crippen LogP contribution < -0.4 is 5.32 Å². The van der Waals surface area contributed by atoms with Gasteiger partial charge in [-0.05, 0) is 44.5 Å². The SMILES string of the molecule is Cc1ccc(NC(=O)[C@H](C)OC(=O)c2ccccc2)c(C)c1. The van der Waals surface area contributed by atoms with E-state index in [-0.39, 0.29) is 5.91 Å². The summed E-state index contributed by atoms with van der Waals surface area (Å²) in [5.41, 5.74) is 3.24. The summed E-state index contributed by atoms with van der Waals surface area (Å²) >= 11 is 0. The summed E-state index contributed by atoms with van der Waals surface area (Å²) in [6.45, 7) is 5.46. The maximum absolute atomic E-state index is 12.1. The molecular formula is C18H19NO3. The quantitative estimate of drug-likeness (QED) is 0.879. The van der Waals surface area contributed by atoms with Crippen molar-refractivity contribution in [3.05, 3.63) is 65.2 Å². The van der Waals surface area contributed by atoms with Crippen molar-refractivity contribution in [2.75, 3.05) is 5.32 Å². The zero-order valence-corrected chi connectivity index (χ0v) is 12.9. The highest BCUT2D eigenvalue weighted by Crippen LogP contribution is 2.16. The molecule has 2 aromatic carbocycles. The Balaban J connectivity index is 1.99. The Labute approximate surface area is 130 Å². The Morgan fingerprint density at radius 1 is 1.05 bits per heavy atom. The second-order valence-electron chi connectivity index (χ2n) is 5.22. The van der Waals surface area contributed by atoms with Crippen molar-refractivity contribution in [1.29, 1.82) is 0 Å². The number of ether oxygens (including phenoxy) is 1. The molecule has 0 saturated heterocycles. The van der Waals surface area contributed by atoms with E-state index in [9.17, 15) is 9.59 Å². The van der Waals surface area contributed by atoms with Crippen LogP contribution in [0.1, 0.15) is 28.4 Å². The van der Waals surface area contributed by atoms with Gasteiger partial charge >= 0.3 is 5.97 Å². The molecule has 22 heavy (non-hydrogen) atoms. The first-order chi connectivity index (χ1) is 10.5. The topological polar surface area (TPSA) is 55.4 Å². The van der Waals surface area contributed by atoms with E-state index in [2.05, 4.69) is 5.32 Å². The molecule has 1 N–H and O–H groups in total. The first kappa shape index (κ1) is 15.8. The molecule has 4 nitrogen and oxygen atoms in total. The highest BCUT2D eigenvalue weighted by atomic mass is 16.5. The lowest BCUT2D eigenvalue weighted by Crippen LogP contribution is -2.30. The van der Waals surface area contributed by atoms with Crippen LogP contribution in [0.2, 0.25) is 0 Å². The average molecular weight is 297 g/mol. The van der Waals surface area contributed by atoms with Gasteiger partial charge in [-0.2, -0.15) is 0 Å². The van der Waals surface area contributed by atoms with E-state index in [0.717, 1.165) is 16.8 Å². The van der Waals surface area contributed by atoms with Crippen LogP contribution in [0.25, 0.3) is 0 Å². The Kier molecular flexibility index (Phi) is 4.94. The van der Waals surface area contributed by atoms with Gasteiger partial charge in [-0.25, -0.2) is 4.79 Å². The van der Waals surface area contributed by atoms with Crippen molar-refractivity contribution in [2.24, 2.45) is 0 Å². The molecular weight excluding hydrogens is 278 g/mol. The van der Waals surface area contributed by atoms with Crippen LogP contribution in [0.15, 0.2) is 48.5 Å². The van der Waals surface area contributed by atoms with Crippen LogP contribution in [-0.2, 0) is 9.53 Å². The number of nitrogens with one attached hydrogen (secondary N) is 1. The summed E-state index contributed by atoms with van der Waals surface area (Å²) in [6.07, 6.45) is -0.867. The van der Waals surface area contributed by atoms with Crippen molar-refractivity contribution < 1.29 is 14.3 Å². The predicted octanol–water partition coefficient (Wildman–Crippen LogP) is 3.49. The Morgan fingerprint density at radius 3 is 2.36 bits per heavy atom. The fourth-order valence-corrected chi connectivity index (χ4v) is 2.04. The highest BCUT2D eigenvalue weighted by Gasteiger charge is 2.19. The number of amides is 1. The Morgan fingerprint density at radius 2 is 1.73 bits per heavy atom. The molecule has 0 aromatic heterocycles. The van der Waals surface area contributed by atoms with Crippen LogP contribution in [0, 0.1) is 13.8 Å². The highest BCUT2D eigenvalue weighted by molar-refractivity contribution is 5.97. The number of hydrogen-bond donors (Lipinski definition) is 1. The van der Waals surface area contributed by atoms with E-state index in [1.165, 1.54) is 0 Å². The molecule has 0 radical (unpaired) electrons. The zero-order valence-electron chi connectivity index (χ0n) is 12.9. The van der Waals surface area contributed by atoms with Gasteiger partial charge in [-0.15, -0.1) is 0 Å². The zero-order chi connectivity index (χ0) is 16.1. The number of rotatable bonds is 4. The molecule has 0 unspecified atom stereocenters. The van der Waals surface area contributed by atoms with E-state index in [0.29, 0.717) is 5.56 Å². The monoisotopic (exact) mass is 297 g/mol. The van der Waals surface area contributed by atoms with Gasteiger partial charge in [-0.3, -0.25) is 4.79 Å². The number of anilines is 1. The van der Waals surface area contributed by atoms with Crippen molar-refractivity contribution >= 4 is 17.6 Å². The van der Waals surface area contributed by atoms with E-state index < -0.39 is 12.1 Å². The largest absolute Gasteiger partial charge is 0.449 e. The first-order valence-electron chi connectivity index (χ1n) is 7.11. The summed E-state index contributed by atoms with van der Waals surface area (Å²) in [6, 6.07) is 14.4. The van der Waals surface area contributed by atoms with Gasteiger partial charge in [0, 0.05) is 5.69 Å². The van der Waals surface area contributed by atoms with Crippen molar-refractivity contribution in [3.8, 4) is 0 Å². The first-order valence-corrected chi connectivity index (χ1v) is 7.11. The van der Waals surface area contributed by atoms with Gasteiger partial charge in [0.2, 0.25) is 0 Å². The van der Waals surface area contributed by atoms with Crippen molar-refractivity contribution in [2.45, 2.75) is 26.9 Å². The van der Waals surface area contributed by atoms with E-state index in [1.54, 1.807) is 31.2 Å². The molecule has 2 rings (SSSR count). The van der Waals surface area contributed by atoms with E-state index >= 15 is 0 Å². The molecule has 0 spiro atoms. The molecule has 1 amide bonds. The Bertz CT molecular complexity index is 680. The lowest BCUT2D eigenvalue weighted by molar-refractivity contribution is -0.123. The van der Waals surface area contributed by atoms with Crippen LogP contribution in [0.4, 0.5) is 5.69 Å². The van der Waals surface area contributed by atoms with Crippen LogP contribution in [0.3, 0.4) is 0 Å².